The number of carboxylic acid groups (broad SMARTS) is 6. The molecule has 0 aliphatic heterocycles. The summed E-state index contributed by atoms with van der Waals surface area (Å²) in [6.45, 7) is 0. The topological polar surface area (TPSA) is 511 Å². The molecule has 24 nitrogen and oxygen atoms in total. The third-order valence-corrected chi connectivity index (χ3v) is 3.70. The molecule has 0 amide bonds. The second-order valence-electron chi connectivity index (χ2n) is 7.03. The Bertz CT molecular complexity index is 1320. The second-order valence-corrected chi connectivity index (χ2v) is 7.03. The van der Waals surface area contributed by atoms with E-state index in [0.29, 0.717) is 0 Å². The molecule has 0 aliphatic rings. The number of hydrogen-bond donors (Lipinski definition) is 7. The van der Waals surface area contributed by atoms with Crippen LogP contribution in [-0.2, 0) is 44.4 Å². The van der Waals surface area contributed by atoms with E-state index in [9.17, 15) is 54.3 Å². The molecule has 0 bridgehead atoms. The summed E-state index contributed by atoms with van der Waals surface area (Å²) in [6, 6.07) is 4.77. The van der Waals surface area contributed by atoms with Crippen molar-refractivity contribution in [1.82, 2.24) is 15.0 Å². The van der Waals surface area contributed by atoms with Crippen molar-refractivity contribution in [3.05, 3.63) is 70.6 Å². The Hall–Kier alpha value is -5.93. The number of carboxylic acids is 6. The summed E-state index contributed by atoms with van der Waals surface area (Å²) in [7, 11) is 0. The van der Waals surface area contributed by atoms with E-state index in [0.717, 1.165) is 36.4 Å². The molecule has 17 N–H and O–H groups in total. The Morgan fingerprint density at radius 1 is 0.521 bits per heavy atom. The summed E-state index contributed by atoms with van der Waals surface area (Å²) in [5.41, 5.74) is 5.40. The van der Waals surface area contributed by atoms with E-state index in [1.54, 1.807) is 0 Å². The van der Waals surface area contributed by atoms with Crippen LogP contribution >= 0.6 is 0 Å². The summed E-state index contributed by atoms with van der Waals surface area (Å²) in [5.74, 6) is -11.3. The Kier molecular flexibility index (Phi) is 28.7. The average molecular weight is 790 g/mol. The number of aromatic nitrogens is 3. The molecule has 0 saturated heterocycles. The maximum atomic E-state index is 10.3. The van der Waals surface area contributed by atoms with Crippen LogP contribution in [0, 0.1) is 0 Å². The fraction of sp³-hybridized carbons (Fsp3) is 0. The number of hydrogen-bond acceptors (Lipinski definition) is 17. The van der Waals surface area contributed by atoms with Gasteiger partial charge in [-0.3, -0.25) is 16.9 Å². The molecule has 3 aromatic heterocycles. The van der Waals surface area contributed by atoms with Crippen molar-refractivity contribution >= 4 is 41.8 Å². The minimum atomic E-state index is -1.67. The minimum absolute atomic E-state index is 0. The summed E-state index contributed by atoms with van der Waals surface area (Å²) in [6.07, 6.45) is 0. The Balaban J connectivity index is -0.000000124. The third-order valence-electron chi connectivity index (χ3n) is 3.70. The molecule has 3 aromatic rings. The monoisotopic (exact) mass is 787 g/mol. The number of rotatable bonds is 6. The molecule has 0 unspecified atom stereocenters. The van der Waals surface area contributed by atoms with Crippen LogP contribution < -0.4 is 42.4 Å². The molecule has 0 saturated carbocycles. The molecule has 0 spiro atoms. The first-order valence-electron chi connectivity index (χ1n) is 10.3. The van der Waals surface area contributed by atoms with E-state index >= 15 is 0 Å². The van der Waals surface area contributed by atoms with Gasteiger partial charge in [-0.1, -0.05) is 0 Å². The van der Waals surface area contributed by atoms with Crippen molar-refractivity contribution in [2.75, 3.05) is 0 Å². The Labute approximate surface area is 290 Å². The van der Waals surface area contributed by atoms with Crippen molar-refractivity contribution in [3.63, 3.8) is 0 Å². The largest absolute Gasteiger partial charge is 2.00 e. The van der Waals surface area contributed by atoms with Crippen molar-refractivity contribution in [2.24, 2.45) is 11.5 Å². The zero-order chi connectivity index (χ0) is 33.6. The number of pyridine rings is 3. The molecular formula is C22H23N6O18Zn2+. The number of nitrogens with two attached hydrogens (primary N) is 3. The van der Waals surface area contributed by atoms with Crippen molar-refractivity contribution in [2.45, 2.75) is 0 Å². The van der Waals surface area contributed by atoms with Crippen molar-refractivity contribution in [3.8, 4) is 17.2 Å². The summed E-state index contributed by atoms with van der Waals surface area (Å²) >= 11 is 0. The van der Waals surface area contributed by atoms with Gasteiger partial charge in [0, 0.05) is 36.4 Å². The van der Waals surface area contributed by atoms with Crippen LogP contribution in [0.2, 0.25) is 0 Å². The van der Waals surface area contributed by atoms with Crippen LogP contribution in [0.25, 0.3) is 0 Å². The van der Waals surface area contributed by atoms with E-state index in [1.807, 2.05) is 0 Å². The van der Waals surface area contributed by atoms with Crippen molar-refractivity contribution < 1.29 is 136 Å². The van der Waals surface area contributed by atoms with E-state index in [2.05, 4.69) is 31.8 Å². The van der Waals surface area contributed by atoms with Gasteiger partial charge in [0.15, 0.2) is 5.69 Å². The predicted octanol–water partition coefficient (Wildman–Crippen LogP) is -11.7. The van der Waals surface area contributed by atoms with Crippen LogP contribution in [0.4, 0.5) is 0 Å². The zero-order valence-electron chi connectivity index (χ0n) is 23.8. The van der Waals surface area contributed by atoms with Gasteiger partial charge in [0.2, 0.25) is 0 Å². The average Bonchev–Trinajstić information content (AvgIpc) is 2.87. The Morgan fingerprint density at radius 3 is 0.812 bits per heavy atom. The molecule has 48 heavy (non-hydrogen) atoms. The SMILES string of the molecule is NC(N)=[NH2+].O.O.O=C([O-])c1cc(O)cc(C(=O)O)n1.O=C([O-])c1cc(O)cc(C(=O)[O-])n1.O=C([O-])c1cc(O)cc(C(=O)[O-])n1.[OH3+].[Zn+2].[Zn+2]. The summed E-state index contributed by atoms with van der Waals surface area (Å²) in [4.78, 5) is 71.0. The van der Waals surface area contributed by atoms with Gasteiger partial charge >= 0.3 is 50.9 Å². The fourth-order valence-corrected chi connectivity index (χ4v) is 2.18. The van der Waals surface area contributed by atoms with E-state index < -0.39 is 87.2 Å². The smallest absolute Gasteiger partial charge is 0.543 e. The number of carbonyl (C=O) groups is 6. The molecule has 0 fully saturated rings. The van der Waals surface area contributed by atoms with E-state index in [1.165, 1.54) is 0 Å². The van der Waals surface area contributed by atoms with Gasteiger partial charge in [-0.15, -0.1) is 0 Å². The maximum absolute atomic E-state index is 10.3. The first kappa shape index (κ1) is 54.5. The first-order chi connectivity index (χ1) is 19.7. The Morgan fingerprint density at radius 2 is 0.667 bits per heavy atom. The van der Waals surface area contributed by atoms with Crippen LogP contribution in [0.15, 0.2) is 36.4 Å². The molecule has 252 valence electrons. The van der Waals surface area contributed by atoms with Crippen molar-refractivity contribution in [1.29, 1.82) is 0 Å². The number of guanidine groups is 1. The number of aromatic carboxylic acids is 6. The molecule has 0 radical (unpaired) electrons. The van der Waals surface area contributed by atoms with Crippen LogP contribution in [0.1, 0.15) is 62.9 Å². The summed E-state index contributed by atoms with van der Waals surface area (Å²) < 4.78 is 0. The normalized spacial score (nSPS) is 8.25. The molecule has 0 atom stereocenters. The number of nitrogens with zero attached hydrogens (tertiary/aromatic N) is 3. The van der Waals surface area contributed by atoms with E-state index in [4.69, 9.17) is 20.4 Å². The third kappa shape index (κ3) is 20.9. The molecule has 3 rings (SSSR count). The molecule has 0 aliphatic carbocycles. The minimum Gasteiger partial charge on any atom is -0.543 e. The molecular weight excluding hydrogens is 767 g/mol. The van der Waals surface area contributed by atoms with Gasteiger partial charge in [0.25, 0.3) is 0 Å². The van der Waals surface area contributed by atoms with Crippen LogP contribution in [-0.4, -0.2) is 88.1 Å². The van der Waals surface area contributed by atoms with E-state index in [-0.39, 0.29) is 61.3 Å². The molecule has 0 aromatic carbocycles. The van der Waals surface area contributed by atoms with Gasteiger partial charge in [-0.05, 0) is 0 Å². The molecule has 3 heterocycles. The second kappa shape index (κ2) is 25.3. The number of carbonyl (C=O) groups excluding carboxylic acids is 5. The quantitative estimate of drug-likeness (QED) is 0.0527. The van der Waals surface area contributed by atoms with Gasteiger partial charge in [-0.2, -0.15) is 0 Å². The van der Waals surface area contributed by atoms with Crippen LogP contribution in [0.5, 0.6) is 17.2 Å². The van der Waals surface area contributed by atoms with Gasteiger partial charge in [-0.25, -0.2) is 19.7 Å². The first-order valence-corrected chi connectivity index (χ1v) is 10.3. The zero-order valence-corrected chi connectivity index (χ0v) is 29.7. The standard InChI is InChI=1S/3C7H5NO5.CH5N3.3H2O.2Zn/c3*9-3-1-4(6(10)11)8-5(2-3)7(12)13;2-1(3)4;;;;;/h3*1-2H,(H,8,9)(H,10,11)(H,12,13);(H5,2,3,4);3*1H2;;/q;;;;;;;2*+2/p-3. The predicted molar refractivity (Wildman–Crippen MR) is 134 cm³/mol. The van der Waals surface area contributed by atoms with Crippen LogP contribution in [0.3, 0.4) is 0 Å². The van der Waals surface area contributed by atoms with Gasteiger partial charge in [0.05, 0.1) is 58.3 Å². The number of aromatic hydroxyl groups is 3. The summed E-state index contributed by atoms with van der Waals surface area (Å²) in [5, 5.41) is 90.8. The fourth-order valence-electron chi connectivity index (χ4n) is 2.18. The maximum Gasteiger partial charge on any atom is 2.00 e. The molecule has 26 heteroatoms. The van der Waals surface area contributed by atoms with Gasteiger partial charge in [0.1, 0.15) is 17.2 Å². The van der Waals surface area contributed by atoms with Gasteiger partial charge < -0.3 is 86.4 Å².